The van der Waals surface area contributed by atoms with Gasteiger partial charge < -0.3 is 14.7 Å². The third kappa shape index (κ3) is 6.01. The monoisotopic (exact) mass is 508 g/mol. The number of thiophene rings is 1. The van der Waals surface area contributed by atoms with Gasteiger partial charge in [-0.25, -0.2) is 4.39 Å². The molecule has 178 valence electrons. The number of aliphatic hydroxyl groups is 1. The molecule has 2 aromatic heterocycles. The minimum absolute atomic E-state index is 0.0931. The number of alkyl halides is 1. The summed E-state index contributed by atoms with van der Waals surface area (Å²) in [6.45, 7) is 3.01. The molecular formula is C25H30ClFN2O2S2. The maximum atomic E-state index is 15.6. The molecule has 0 spiro atoms. The van der Waals surface area contributed by atoms with Gasteiger partial charge in [-0.05, 0) is 73.8 Å². The Labute approximate surface area is 208 Å². The van der Waals surface area contributed by atoms with Crippen molar-refractivity contribution in [1.29, 1.82) is 0 Å². The topological polar surface area (TPSA) is 45.6 Å². The fraction of sp³-hybridized carbons (Fsp3) is 0.480. The van der Waals surface area contributed by atoms with Gasteiger partial charge in [0, 0.05) is 46.3 Å². The standard InChI is InChI=1S/C25H30ClFN2O2S2/c1-31-18-2-3-23-20(14-18)24(21(26)15-28-23)22(27)4-6-25(17-30)7-9-29(10-8-25)11-13-33-19-5-12-32-16-19/h2-3,5,12,14-16,22,30H,4,6-11,13,17H2,1H3/t22-/m1/s1. The Bertz CT molecular complexity index is 1040. The number of nitrogens with zero attached hydrogens (tertiary/aromatic N) is 2. The molecule has 4 rings (SSSR count). The van der Waals surface area contributed by atoms with Gasteiger partial charge in [0.2, 0.25) is 0 Å². The van der Waals surface area contributed by atoms with Crippen molar-refractivity contribution in [3.8, 4) is 5.75 Å². The lowest BCUT2D eigenvalue weighted by Gasteiger charge is -2.41. The van der Waals surface area contributed by atoms with E-state index in [1.54, 1.807) is 24.5 Å². The molecule has 1 N–H and O–H groups in total. The zero-order chi connectivity index (χ0) is 23.3. The molecule has 1 aromatic carbocycles. The van der Waals surface area contributed by atoms with Crippen LogP contribution in [-0.2, 0) is 0 Å². The van der Waals surface area contributed by atoms with Crippen LogP contribution in [0.5, 0.6) is 5.75 Å². The summed E-state index contributed by atoms with van der Waals surface area (Å²) in [6.07, 6.45) is 3.03. The van der Waals surface area contributed by atoms with Gasteiger partial charge in [0.15, 0.2) is 0 Å². The largest absolute Gasteiger partial charge is 0.497 e. The SMILES string of the molecule is COc1ccc2ncc(Cl)c([C@H](F)CCC3(CO)CCN(CCSc4ccsc4)CC3)c2c1. The minimum Gasteiger partial charge on any atom is -0.497 e. The Morgan fingerprint density at radius 3 is 2.85 bits per heavy atom. The number of methoxy groups -OCH3 is 1. The molecule has 8 heteroatoms. The zero-order valence-electron chi connectivity index (χ0n) is 18.8. The number of rotatable bonds is 10. The molecule has 3 aromatic rings. The molecule has 0 radical (unpaired) electrons. The highest BCUT2D eigenvalue weighted by atomic mass is 35.5. The summed E-state index contributed by atoms with van der Waals surface area (Å²) in [4.78, 5) is 8.11. The summed E-state index contributed by atoms with van der Waals surface area (Å²) in [5, 5.41) is 15.5. The molecule has 0 saturated carbocycles. The number of ether oxygens (including phenoxy) is 1. The number of fused-ring (bicyclic) bond motifs is 1. The minimum atomic E-state index is -1.22. The lowest BCUT2D eigenvalue weighted by molar-refractivity contribution is 0.0323. The second-order valence-corrected chi connectivity index (χ2v) is 11.1. The van der Waals surface area contributed by atoms with Crippen molar-refractivity contribution >= 4 is 45.6 Å². The highest BCUT2D eigenvalue weighted by Crippen LogP contribution is 2.42. The number of likely N-dealkylation sites (tertiary alicyclic amines) is 1. The van der Waals surface area contributed by atoms with E-state index in [2.05, 4.69) is 26.7 Å². The number of thioether (sulfide) groups is 1. The molecule has 1 atom stereocenters. The van der Waals surface area contributed by atoms with Gasteiger partial charge in [-0.2, -0.15) is 11.3 Å². The van der Waals surface area contributed by atoms with Crippen molar-refractivity contribution in [2.45, 2.75) is 36.8 Å². The van der Waals surface area contributed by atoms with Gasteiger partial charge in [0.1, 0.15) is 11.9 Å². The Kier molecular flexibility index (Phi) is 8.52. The normalized spacial score (nSPS) is 17.3. The Balaban J connectivity index is 1.35. The van der Waals surface area contributed by atoms with Crippen LogP contribution in [0, 0.1) is 5.41 Å². The van der Waals surface area contributed by atoms with Crippen molar-refractivity contribution in [3.63, 3.8) is 0 Å². The molecule has 33 heavy (non-hydrogen) atoms. The number of hydrogen-bond donors (Lipinski definition) is 1. The van der Waals surface area contributed by atoms with Gasteiger partial charge in [0.05, 0.1) is 17.6 Å². The van der Waals surface area contributed by atoms with Gasteiger partial charge in [-0.3, -0.25) is 4.98 Å². The average molecular weight is 509 g/mol. The van der Waals surface area contributed by atoms with Crippen molar-refractivity contribution in [2.75, 3.05) is 39.1 Å². The number of piperidine rings is 1. The lowest BCUT2D eigenvalue weighted by atomic mass is 9.74. The summed E-state index contributed by atoms with van der Waals surface area (Å²) in [5.41, 5.74) is 0.939. The van der Waals surface area contributed by atoms with Crippen LogP contribution in [0.1, 0.15) is 37.4 Å². The fourth-order valence-electron chi connectivity index (χ4n) is 4.56. The molecule has 1 aliphatic heterocycles. The van der Waals surface area contributed by atoms with Crippen molar-refractivity contribution in [1.82, 2.24) is 9.88 Å². The van der Waals surface area contributed by atoms with E-state index in [1.807, 2.05) is 23.9 Å². The molecule has 0 amide bonds. The summed E-state index contributed by atoms with van der Waals surface area (Å²) in [7, 11) is 1.59. The number of aliphatic hydroxyl groups excluding tert-OH is 1. The number of aromatic nitrogens is 1. The van der Waals surface area contributed by atoms with E-state index in [0.717, 1.165) is 38.2 Å². The van der Waals surface area contributed by atoms with Crippen LogP contribution < -0.4 is 4.74 Å². The van der Waals surface area contributed by atoms with E-state index < -0.39 is 6.17 Å². The van der Waals surface area contributed by atoms with E-state index >= 15 is 4.39 Å². The molecule has 0 unspecified atom stereocenters. The first-order valence-electron chi connectivity index (χ1n) is 11.3. The third-order valence-corrected chi connectivity index (χ3v) is 8.84. The van der Waals surface area contributed by atoms with Gasteiger partial charge >= 0.3 is 0 Å². The van der Waals surface area contributed by atoms with Crippen LogP contribution in [0.25, 0.3) is 10.9 Å². The zero-order valence-corrected chi connectivity index (χ0v) is 21.2. The molecule has 1 fully saturated rings. The lowest BCUT2D eigenvalue weighted by Crippen LogP contribution is -2.42. The Morgan fingerprint density at radius 1 is 1.33 bits per heavy atom. The molecule has 1 aliphatic rings. The quantitative estimate of drug-likeness (QED) is 0.312. The summed E-state index contributed by atoms with van der Waals surface area (Å²) in [5.74, 6) is 1.71. The van der Waals surface area contributed by atoms with E-state index in [4.69, 9.17) is 16.3 Å². The van der Waals surface area contributed by atoms with Gasteiger partial charge in [-0.1, -0.05) is 11.6 Å². The van der Waals surface area contributed by atoms with Gasteiger partial charge in [-0.15, -0.1) is 11.8 Å². The first-order chi connectivity index (χ1) is 16.0. The molecule has 0 bridgehead atoms. The van der Waals surface area contributed by atoms with Gasteiger partial charge in [0.25, 0.3) is 0 Å². The van der Waals surface area contributed by atoms with Crippen LogP contribution in [0.2, 0.25) is 5.02 Å². The predicted octanol–water partition coefficient (Wildman–Crippen LogP) is 6.62. The highest BCUT2D eigenvalue weighted by molar-refractivity contribution is 7.99. The average Bonchev–Trinajstić information content (AvgIpc) is 3.36. The second-order valence-electron chi connectivity index (χ2n) is 8.72. The number of benzene rings is 1. The predicted molar refractivity (Wildman–Crippen MR) is 137 cm³/mol. The molecule has 3 heterocycles. The summed E-state index contributed by atoms with van der Waals surface area (Å²) >= 11 is 10.0. The Morgan fingerprint density at radius 2 is 2.15 bits per heavy atom. The van der Waals surface area contributed by atoms with Crippen LogP contribution >= 0.6 is 34.7 Å². The van der Waals surface area contributed by atoms with Crippen LogP contribution in [-0.4, -0.2) is 54.1 Å². The van der Waals surface area contributed by atoms with E-state index in [9.17, 15) is 5.11 Å². The Hall–Kier alpha value is -1.38. The smallest absolute Gasteiger partial charge is 0.127 e. The molecule has 0 aliphatic carbocycles. The number of hydrogen-bond acceptors (Lipinski definition) is 6. The van der Waals surface area contributed by atoms with Crippen LogP contribution in [0.3, 0.4) is 0 Å². The van der Waals surface area contributed by atoms with Crippen molar-refractivity contribution < 1.29 is 14.2 Å². The fourth-order valence-corrected chi connectivity index (χ4v) is 6.62. The number of halogens is 2. The number of pyridine rings is 1. The first kappa shape index (κ1) is 24.7. The van der Waals surface area contributed by atoms with Crippen molar-refractivity contribution in [2.24, 2.45) is 5.41 Å². The highest BCUT2D eigenvalue weighted by Gasteiger charge is 2.35. The van der Waals surface area contributed by atoms with Crippen LogP contribution in [0.15, 0.2) is 46.1 Å². The summed E-state index contributed by atoms with van der Waals surface area (Å²) in [6, 6.07) is 7.59. The van der Waals surface area contributed by atoms with E-state index in [-0.39, 0.29) is 12.0 Å². The first-order valence-corrected chi connectivity index (χ1v) is 13.6. The molecular weight excluding hydrogens is 479 g/mol. The van der Waals surface area contributed by atoms with E-state index in [1.165, 1.54) is 11.1 Å². The summed E-state index contributed by atoms with van der Waals surface area (Å²) < 4.78 is 20.9. The molecule has 4 nitrogen and oxygen atoms in total. The van der Waals surface area contributed by atoms with Crippen LogP contribution in [0.4, 0.5) is 4.39 Å². The van der Waals surface area contributed by atoms with E-state index in [0.29, 0.717) is 40.1 Å². The molecule has 1 saturated heterocycles. The second kappa shape index (κ2) is 11.4. The van der Waals surface area contributed by atoms with Crippen molar-refractivity contribution in [3.05, 3.63) is 51.8 Å². The maximum absolute atomic E-state index is 15.6. The maximum Gasteiger partial charge on any atom is 0.127 e. The third-order valence-electron chi connectivity index (χ3n) is 6.73.